The zero-order valence-electron chi connectivity index (χ0n) is 17.6. The second kappa shape index (κ2) is 16.4. The lowest BCUT2D eigenvalue weighted by atomic mass is 9.96. The maximum absolute atomic E-state index is 10.5. The normalized spacial score (nSPS) is 10.9. The average Bonchev–Trinajstić information content (AvgIpc) is 2.67. The van der Waals surface area contributed by atoms with E-state index in [0.29, 0.717) is 12.8 Å². The van der Waals surface area contributed by atoms with E-state index in [1.54, 1.807) is 0 Å². The Kier molecular flexibility index (Phi) is 14.6. The van der Waals surface area contributed by atoms with E-state index in [2.05, 4.69) is 34.1 Å². The summed E-state index contributed by atoms with van der Waals surface area (Å²) >= 11 is 3.72. The minimum Gasteiger partial charge on any atom is -0.481 e. The van der Waals surface area contributed by atoms with Crippen molar-refractivity contribution in [3.8, 4) is 0 Å². The van der Waals surface area contributed by atoms with Crippen molar-refractivity contribution in [1.82, 2.24) is 0 Å². The maximum Gasteiger partial charge on any atom is 0.303 e. The third-order valence-corrected chi connectivity index (χ3v) is 6.11. The fourth-order valence-electron chi connectivity index (χ4n) is 3.70. The van der Waals surface area contributed by atoms with Crippen LogP contribution in [-0.4, -0.2) is 22.2 Å². The molecule has 0 aromatic heterocycles. The highest BCUT2D eigenvalue weighted by molar-refractivity contribution is 9.10. The summed E-state index contributed by atoms with van der Waals surface area (Å²) in [7, 11) is 0. The van der Waals surface area contributed by atoms with Gasteiger partial charge in [-0.2, -0.15) is 0 Å². The van der Waals surface area contributed by atoms with Crippen LogP contribution in [-0.2, 0) is 22.4 Å². The summed E-state index contributed by atoms with van der Waals surface area (Å²) in [6.07, 6.45) is 15.8. The number of benzene rings is 1. The van der Waals surface area contributed by atoms with Gasteiger partial charge in [0.05, 0.1) is 0 Å². The van der Waals surface area contributed by atoms with Gasteiger partial charge < -0.3 is 10.2 Å². The van der Waals surface area contributed by atoms with Crippen LogP contribution in [0, 0.1) is 0 Å². The molecule has 1 rings (SSSR count). The quantitative estimate of drug-likeness (QED) is 0.224. The van der Waals surface area contributed by atoms with Crippen molar-refractivity contribution in [2.24, 2.45) is 0 Å². The van der Waals surface area contributed by atoms with Crippen molar-refractivity contribution in [2.75, 3.05) is 0 Å². The molecule has 0 unspecified atom stereocenters. The van der Waals surface area contributed by atoms with Crippen molar-refractivity contribution < 1.29 is 19.8 Å². The highest BCUT2D eigenvalue weighted by Crippen LogP contribution is 2.25. The lowest BCUT2D eigenvalue weighted by molar-refractivity contribution is -0.138. The van der Waals surface area contributed by atoms with Crippen LogP contribution in [0.4, 0.5) is 0 Å². The van der Waals surface area contributed by atoms with Gasteiger partial charge in [-0.1, -0.05) is 79.4 Å². The van der Waals surface area contributed by atoms with Gasteiger partial charge in [0.15, 0.2) is 0 Å². The Balaban J connectivity index is 2.20. The van der Waals surface area contributed by atoms with E-state index < -0.39 is 11.9 Å². The van der Waals surface area contributed by atoms with Crippen molar-refractivity contribution in [2.45, 2.75) is 103 Å². The fraction of sp³-hybridized carbons (Fsp3) is 0.667. The first-order valence-corrected chi connectivity index (χ1v) is 12.0. The van der Waals surface area contributed by atoms with Gasteiger partial charge in [0.2, 0.25) is 0 Å². The molecule has 29 heavy (non-hydrogen) atoms. The number of rotatable bonds is 18. The summed E-state index contributed by atoms with van der Waals surface area (Å²) in [5.74, 6) is -1.38. The second-order valence-corrected chi connectivity index (χ2v) is 8.76. The molecule has 0 radical (unpaired) electrons. The average molecular weight is 469 g/mol. The van der Waals surface area contributed by atoms with E-state index in [9.17, 15) is 9.59 Å². The van der Waals surface area contributed by atoms with Crippen LogP contribution in [0.25, 0.3) is 0 Å². The first-order chi connectivity index (χ1) is 14.0. The Morgan fingerprint density at radius 3 is 1.62 bits per heavy atom. The van der Waals surface area contributed by atoms with Crippen LogP contribution in [0.5, 0.6) is 0 Å². The third kappa shape index (κ3) is 13.5. The molecule has 1 aromatic rings. The van der Waals surface area contributed by atoms with E-state index >= 15 is 0 Å². The van der Waals surface area contributed by atoms with Gasteiger partial charge >= 0.3 is 11.9 Å². The number of hydrogen-bond acceptors (Lipinski definition) is 2. The monoisotopic (exact) mass is 468 g/mol. The van der Waals surface area contributed by atoms with Crippen LogP contribution < -0.4 is 0 Å². The molecule has 0 atom stereocenters. The highest BCUT2D eigenvalue weighted by Gasteiger charge is 2.07. The molecule has 4 nitrogen and oxygen atoms in total. The summed E-state index contributed by atoms with van der Waals surface area (Å²) in [5.41, 5.74) is 2.89. The topological polar surface area (TPSA) is 74.6 Å². The molecule has 1 aromatic carbocycles. The molecule has 0 heterocycles. The van der Waals surface area contributed by atoms with E-state index in [1.165, 1.54) is 54.1 Å². The van der Waals surface area contributed by atoms with Crippen molar-refractivity contribution in [3.63, 3.8) is 0 Å². The second-order valence-electron chi connectivity index (χ2n) is 7.91. The molecule has 0 fully saturated rings. The number of carboxylic acid groups (broad SMARTS) is 2. The fourth-order valence-corrected chi connectivity index (χ4v) is 4.31. The molecule has 0 bridgehead atoms. The summed E-state index contributed by atoms with van der Waals surface area (Å²) in [5, 5.41) is 17.3. The molecular formula is C24H37BrO4. The SMILES string of the molecule is O=C(O)CCCCCCCCc1cccc(Br)c1CCCCCCCCC(=O)O. The van der Waals surface area contributed by atoms with Crippen molar-refractivity contribution in [1.29, 1.82) is 0 Å². The Bertz CT molecular complexity index is 601. The molecule has 0 saturated carbocycles. The first kappa shape index (κ1) is 25.7. The largest absolute Gasteiger partial charge is 0.481 e. The highest BCUT2D eigenvalue weighted by atomic mass is 79.9. The molecule has 164 valence electrons. The number of halogens is 1. The molecule has 0 aliphatic rings. The van der Waals surface area contributed by atoms with E-state index in [0.717, 1.165) is 51.4 Å². The standard InChI is InChI=1S/C24H37BrO4/c25-22-17-13-15-20(14-9-5-1-3-7-11-18-23(26)27)21(22)16-10-6-2-4-8-12-19-24(28)29/h13,15,17H,1-12,14,16,18-19H2,(H,26,27)(H,28,29). The molecule has 0 amide bonds. The molecular weight excluding hydrogens is 432 g/mol. The minimum atomic E-state index is -0.690. The predicted octanol–water partition coefficient (Wildman–Crippen LogP) is 7.16. The Morgan fingerprint density at radius 1 is 0.655 bits per heavy atom. The van der Waals surface area contributed by atoms with Crippen LogP contribution in [0.3, 0.4) is 0 Å². The minimum absolute atomic E-state index is 0.294. The zero-order chi connectivity index (χ0) is 21.3. The molecule has 0 aliphatic heterocycles. The summed E-state index contributed by atoms with van der Waals surface area (Å²) in [6.45, 7) is 0. The van der Waals surface area contributed by atoms with Gasteiger partial charge in [0.25, 0.3) is 0 Å². The Hall–Kier alpha value is -1.36. The van der Waals surface area contributed by atoms with Crippen LogP contribution >= 0.6 is 15.9 Å². The number of aryl methyl sites for hydroxylation is 1. The lowest BCUT2D eigenvalue weighted by Gasteiger charge is -2.12. The lowest BCUT2D eigenvalue weighted by Crippen LogP contribution is -1.97. The Morgan fingerprint density at radius 2 is 1.10 bits per heavy atom. The number of carbonyl (C=O) groups is 2. The number of carboxylic acids is 2. The summed E-state index contributed by atoms with van der Waals surface area (Å²) in [4.78, 5) is 21.0. The van der Waals surface area contributed by atoms with Gasteiger partial charge in [0.1, 0.15) is 0 Å². The summed E-state index contributed by atoms with van der Waals surface area (Å²) < 4.78 is 1.21. The summed E-state index contributed by atoms with van der Waals surface area (Å²) in [6, 6.07) is 6.50. The molecule has 0 aliphatic carbocycles. The zero-order valence-corrected chi connectivity index (χ0v) is 19.2. The maximum atomic E-state index is 10.5. The number of unbranched alkanes of at least 4 members (excludes halogenated alkanes) is 10. The molecule has 5 heteroatoms. The van der Waals surface area contributed by atoms with Gasteiger partial charge in [0, 0.05) is 17.3 Å². The van der Waals surface area contributed by atoms with Crippen molar-refractivity contribution >= 4 is 27.9 Å². The van der Waals surface area contributed by atoms with Gasteiger partial charge in [-0.15, -0.1) is 0 Å². The van der Waals surface area contributed by atoms with E-state index in [-0.39, 0.29) is 0 Å². The predicted molar refractivity (Wildman–Crippen MR) is 121 cm³/mol. The van der Waals surface area contributed by atoms with E-state index in [1.807, 2.05) is 0 Å². The first-order valence-electron chi connectivity index (χ1n) is 11.2. The van der Waals surface area contributed by atoms with Crippen LogP contribution in [0.15, 0.2) is 22.7 Å². The molecule has 0 spiro atoms. The number of hydrogen-bond donors (Lipinski definition) is 2. The smallest absolute Gasteiger partial charge is 0.303 e. The van der Waals surface area contributed by atoms with Crippen LogP contribution in [0.1, 0.15) is 101 Å². The third-order valence-electron chi connectivity index (χ3n) is 5.37. The van der Waals surface area contributed by atoms with Gasteiger partial charge in [-0.05, 0) is 55.7 Å². The van der Waals surface area contributed by atoms with Gasteiger partial charge in [-0.25, -0.2) is 0 Å². The Labute approximate surface area is 184 Å². The molecule has 2 N–H and O–H groups in total. The van der Waals surface area contributed by atoms with E-state index in [4.69, 9.17) is 10.2 Å². The van der Waals surface area contributed by atoms with Gasteiger partial charge in [-0.3, -0.25) is 9.59 Å². The van der Waals surface area contributed by atoms with Crippen LogP contribution in [0.2, 0.25) is 0 Å². The molecule has 0 saturated heterocycles. The van der Waals surface area contributed by atoms with Crippen molar-refractivity contribution in [3.05, 3.63) is 33.8 Å². The number of aliphatic carboxylic acids is 2.